The van der Waals surface area contributed by atoms with E-state index in [4.69, 9.17) is 5.73 Å². The van der Waals surface area contributed by atoms with E-state index in [0.717, 1.165) is 19.5 Å². The number of carbonyl (C=O) groups excluding carboxylic acids is 1. The van der Waals surface area contributed by atoms with Crippen LogP contribution in [-0.2, 0) is 4.79 Å². The molecule has 0 aromatic carbocycles. The quantitative estimate of drug-likeness (QED) is 0.651. The number of hydrogen-bond acceptors (Lipinski definition) is 2. The van der Waals surface area contributed by atoms with Crippen LogP contribution in [0.25, 0.3) is 0 Å². The highest BCUT2D eigenvalue weighted by Gasteiger charge is 2.25. The molecule has 0 aliphatic carbocycles. The van der Waals surface area contributed by atoms with Gasteiger partial charge in [-0.15, -0.1) is 0 Å². The van der Waals surface area contributed by atoms with Crippen molar-refractivity contribution in [3.05, 3.63) is 0 Å². The number of amides is 1. The molecule has 1 aliphatic rings. The highest BCUT2D eigenvalue weighted by molar-refractivity contribution is 5.79. The molecule has 13 heavy (non-hydrogen) atoms. The number of likely N-dealkylation sites (tertiary alicyclic amines) is 1. The van der Waals surface area contributed by atoms with Crippen molar-refractivity contribution >= 4 is 5.91 Å². The van der Waals surface area contributed by atoms with Gasteiger partial charge in [0.1, 0.15) is 0 Å². The first kappa shape index (κ1) is 10.5. The maximum absolute atomic E-state index is 11.3. The lowest BCUT2D eigenvalue weighted by molar-refractivity contribution is -0.127. The number of nitrogens with two attached hydrogens (primary N) is 1. The molecule has 1 amide bonds. The molecular weight excluding hydrogens is 164 g/mol. The van der Waals surface area contributed by atoms with Crippen LogP contribution >= 0.6 is 0 Å². The molecule has 1 heterocycles. The third-order valence-corrected chi connectivity index (χ3v) is 2.53. The van der Waals surface area contributed by atoms with Gasteiger partial charge in [0.2, 0.25) is 5.91 Å². The molecule has 1 atom stereocenters. The van der Waals surface area contributed by atoms with Crippen LogP contribution in [0, 0.1) is 0 Å². The average molecular weight is 184 g/mol. The predicted molar refractivity (Wildman–Crippen MR) is 53.3 cm³/mol. The lowest BCUT2D eigenvalue weighted by Gasteiger charge is -2.15. The van der Waals surface area contributed by atoms with Gasteiger partial charge in [-0.05, 0) is 6.42 Å². The second-order valence-corrected chi connectivity index (χ2v) is 3.86. The van der Waals surface area contributed by atoms with Crippen LogP contribution in [0.15, 0.2) is 0 Å². The van der Waals surface area contributed by atoms with Crippen molar-refractivity contribution < 1.29 is 4.79 Å². The van der Waals surface area contributed by atoms with Crippen molar-refractivity contribution in [2.75, 3.05) is 13.1 Å². The topological polar surface area (TPSA) is 46.3 Å². The van der Waals surface area contributed by atoms with Crippen molar-refractivity contribution in [1.82, 2.24) is 4.90 Å². The normalized spacial score (nSPS) is 22.8. The van der Waals surface area contributed by atoms with Crippen LogP contribution in [0.2, 0.25) is 0 Å². The summed E-state index contributed by atoms with van der Waals surface area (Å²) in [6.07, 6.45) is 5.43. The number of unbranched alkanes of at least 4 members (excludes halogenated alkanes) is 3. The third kappa shape index (κ3) is 3.35. The molecule has 0 spiro atoms. The van der Waals surface area contributed by atoms with E-state index in [1.54, 1.807) is 0 Å². The van der Waals surface area contributed by atoms with E-state index < -0.39 is 0 Å². The second kappa shape index (κ2) is 5.22. The van der Waals surface area contributed by atoms with Crippen LogP contribution in [-0.4, -0.2) is 29.9 Å². The number of rotatable bonds is 5. The minimum atomic E-state index is 0.0821. The maximum Gasteiger partial charge on any atom is 0.224 e. The molecule has 0 aromatic rings. The van der Waals surface area contributed by atoms with Gasteiger partial charge < -0.3 is 10.6 Å². The van der Waals surface area contributed by atoms with E-state index in [1.807, 2.05) is 4.90 Å². The van der Waals surface area contributed by atoms with Crippen molar-refractivity contribution in [1.29, 1.82) is 0 Å². The molecule has 1 saturated heterocycles. The van der Waals surface area contributed by atoms with Crippen LogP contribution in [0.5, 0.6) is 0 Å². The summed E-state index contributed by atoms with van der Waals surface area (Å²) < 4.78 is 0. The van der Waals surface area contributed by atoms with E-state index in [1.165, 1.54) is 19.3 Å². The Morgan fingerprint density at radius 2 is 2.23 bits per heavy atom. The Hall–Kier alpha value is -0.570. The van der Waals surface area contributed by atoms with Gasteiger partial charge >= 0.3 is 0 Å². The highest BCUT2D eigenvalue weighted by atomic mass is 16.2. The summed E-state index contributed by atoms with van der Waals surface area (Å²) in [4.78, 5) is 13.2. The van der Waals surface area contributed by atoms with E-state index >= 15 is 0 Å². The molecule has 76 valence electrons. The zero-order valence-corrected chi connectivity index (χ0v) is 8.46. The SMILES string of the molecule is CCCCCCN1CC(N)CC1=O. The van der Waals surface area contributed by atoms with Crippen LogP contribution in [0.3, 0.4) is 0 Å². The number of hydrogen-bond donors (Lipinski definition) is 1. The average Bonchev–Trinajstić information content (AvgIpc) is 2.39. The van der Waals surface area contributed by atoms with Gasteiger partial charge in [-0.1, -0.05) is 26.2 Å². The first-order valence-corrected chi connectivity index (χ1v) is 5.27. The van der Waals surface area contributed by atoms with Crippen LogP contribution in [0.1, 0.15) is 39.0 Å². The monoisotopic (exact) mass is 184 g/mol. The van der Waals surface area contributed by atoms with Crippen molar-refractivity contribution in [3.63, 3.8) is 0 Å². The Labute approximate surface area is 80.3 Å². The Morgan fingerprint density at radius 3 is 2.77 bits per heavy atom. The fourth-order valence-corrected chi connectivity index (χ4v) is 1.75. The minimum absolute atomic E-state index is 0.0821. The highest BCUT2D eigenvalue weighted by Crippen LogP contribution is 2.10. The molecule has 0 aromatic heterocycles. The molecular formula is C10H20N2O. The van der Waals surface area contributed by atoms with Gasteiger partial charge in [0.05, 0.1) is 0 Å². The lowest BCUT2D eigenvalue weighted by atomic mass is 10.2. The van der Waals surface area contributed by atoms with Gasteiger partial charge in [0, 0.05) is 25.6 Å². The Kier molecular flexibility index (Phi) is 4.22. The summed E-state index contributed by atoms with van der Waals surface area (Å²) in [5.74, 6) is 0.240. The van der Waals surface area contributed by atoms with Gasteiger partial charge in [0.25, 0.3) is 0 Å². The molecule has 1 aliphatic heterocycles. The first-order chi connectivity index (χ1) is 6.24. The fourth-order valence-electron chi connectivity index (χ4n) is 1.75. The molecule has 1 unspecified atom stereocenters. The van der Waals surface area contributed by atoms with Gasteiger partial charge in [-0.25, -0.2) is 0 Å². The predicted octanol–water partition coefficient (Wildman–Crippen LogP) is 1.13. The second-order valence-electron chi connectivity index (χ2n) is 3.86. The molecule has 3 nitrogen and oxygen atoms in total. The Bertz CT molecular complexity index is 170. The molecule has 1 fully saturated rings. The standard InChI is InChI=1S/C10H20N2O/c1-2-3-4-5-6-12-8-9(11)7-10(12)13/h9H,2-8,11H2,1H3. The maximum atomic E-state index is 11.3. The first-order valence-electron chi connectivity index (χ1n) is 5.27. The summed E-state index contributed by atoms with van der Waals surface area (Å²) in [7, 11) is 0. The van der Waals surface area contributed by atoms with E-state index in [-0.39, 0.29) is 11.9 Å². The molecule has 0 bridgehead atoms. The fraction of sp³-hybridized carbons (Fsp3) is 0.900. The zero-order valence-electron chi connectivity index (χ0n) is 8.46. The minimum Gasteiger partial charge on any atom is -0.341 e. The van der Waals surface area contributed by atoms with Gasteiger partial charge in [-0.3, -0.25) is 4.79 Å². The van der Waals surface area contributed by atoms with E-state index in [9.17, 15) is 4.79 Å². The smallest absolute Gasteiger partial charge is 0.224 e. The third-order valence-electron chi connectivity index (χ3n) is 2.53. The Morgan fingerprint density at radius 1 is 1.46 bits per heavy atom. The van der Waals surface area contributed by atoms with Crippen molar-refractivity contribution in [2.45, 2.75) is 45.1 Å². The molecule has 0 radical (unpaired) electrons. The summed E-state index contributed by atoms with van der Waals surface area (Å²) >= 11 is 0. The number of nitrogens with zero attached hydrogens (tertiary/aromatic N) is 1. The zero-order chi connectivity index (χ0) is 9.68. The van der Waals surface area contributed by atoms with E-state index in [2.05, 4.69) is 6.92 Å². The summed E-state index contributed by atoms with van der Waals surface area (Å²) in [6.45, 7) is 3.87. The van der Waals surface area contributed by atoms with Gasteiger partial charge in [0.15, 0.2) is 0 Å². The summed E-state index contributed by atoms with van der Waals surface area (Å²) in [5, 5.41) is 0. The lowest BCUT2D eigenvalue weighted by Crippen LogP contribution is -2.29. The largest absolute Gasteiger partial charge is 0.341 e. The Balaban J connectivity index is 2.11. The summed E-state index contributed by atoms with van der Waals surface area (Å²) in [5.41, 5.74) is 5.68. The number of carbonyl (C=O) groups is 1. The van der Waals surface area contributed by atoms with E-state index in [0.29, 0.717) is 6.42 Å². The molecule has 0 saturated carbocycles. The van der Waals surface area contributed by atoms with Crippen LogP contribution < -0.4 is 5.73 Å². The van der Waals surface area contributed by atoms with Crippen molar-refractivity contribution in [3.8, 4) is 0 Å². The molecule has 3 heteroatoms. The summed E-state index contributed by atoms with van der Waals surface area (Å²) in [6, 6.07) is 0.0821. The molecule has 1 rings (SSSR count). The molecule has 2 N–H and O–H groups in total. The van der Waals surface area contributed by atoms with Gasteiger partial charge in [-0.2, -0.15) is 0 Å². The van der Waals surface area contributed by atoms with Crippen LogP contribution in [0.4, 0.5) is 0 Å². The van der Waals surface area contributed by atoms with Crippen molar-refractivity contribution in [2.24, 2.45) is 5.73 Å².